The molecule has 0 bridgehead atoms. The van der Waals surface area contributed by atoms with Crippen LogP contribution < -0.4 is 10.1 Å². The molecule has 0 radical (unpaired) electrons. The number of amides is 1. The van der Waals surface area contributed by atoms with Gasteiger partial charge in [-0.05, 0) is 55.1 Å². The summed E-state index contributed by atoms with van der Waals surface area (Å²) in [4.78, 5) is 12.6. The van der Waals surface area contributed by atoms with Gasteiger partial charge in [-0.2, -0.15) is 13.5 Å². The van der Waals surface area contributed by atoms with Crippen molar-refractivity contribution in [1.29, 1.82) is 0 Å². The molecule has 0 aromatic heterocycles. The van der Waals surface area contributed by atoms with Crippen LogP contribution in [0.1, 0.15) is 22.8 Å². The van der Waals surface area contributed by atoms with Gasteiger partial charge in [-0.15, -0.1) is 5.11 Å². The van der Waals surface area contributed by atoms with E-state index in [1.54, 1.807) is 56.3 Å². The van der Waals surface area contributed by atoms with Gasteiger partial charge in [-0.25, -0.2) is 0 Å². The predicted octanol–water partition coefficient (Wildman–Crippen LogP) is 7.47. The molecule has 0 unspecified atom stereocenters. The minimum Gasteiger partial charge on any atom is -0.505 e. The Labute approximate surface area is 228 Å². The minimum absolute atomic E-state index is 0.0135. The highest BCUT2D eigenvalue weighted by atomic mass is 35.5. The van der Waals surface area contributed by atoms with Crippen LogP contribution in [-0.4, -0.2) is 30.6 Å². The maximum absolute atomic E-state index is 13.2. The summed E-state index contributed by atoms with van der Waals surface area (Å²) in [5.74, 6) is -0.665. The lowest BCUT2D eigenvalue weighted by atomic mass is 10.0. The van der Waals surface area contributed by atoms with Gasteiger partial charge in [0.25, 0.3) is 16.0 Å². The number of fused-ring (bicyclic) bond motifs is 1. The van der Waals surface area contributed by atoms with Gasteiger partial charge >= 0.3 is 0 Å². The van der Waals surface area contributed by atoms with Crippen molar-refractivity contribution < 1.29 is 27.6 Å². The number of aromatic hydroxyl groups is 1. The molecule has 3 N–H and O–H groups in total. The highest BCUT2D eigenvalue weighted by Gasteiger charge is 2.20. The van der Waals surface area contributed by atoms with Crippen LogP contribution in [0.4, 0.5) is 17.1 Å². The number of phenolic OH excluding ortho intramolecular Hbond substituents is 1. The molecule has 0 aliphatic heterocycles. The van der Waals surface area contributed by atoms with Crippen molar-refractivity contribution in [2.75, 3.05) is 11.9 Å². The molecular formula is C26H21Cl2N3O6S. The number of aryl methyl sites for hydroxylation is 1. The van der Waals surface area contributed by atoms with E-state index in [4.69, 9.17) is 27.9 Å². The molecule has 12 heteroatoms. The Hall–Kier alpha value is -3.70. The van der Waals surface area contributed by atoms with Crippen LogP contribution >= 0.6 is 23.2 Å². The molecule has 38 heavy (non-hydrogen) atoms. The molecule has 1 amide bonds. The Morgan fingerprint density at radius 2 is 1.79 bits per heavy atom. The number of hydrogen-bond donors (Lipinski definition) is 3. The van der Waals surface area contributed by atoms with Gasteiger partial charge in [0, 0.05) is 17.1 Å². The quantitative estimate of drug-likeness (QED) is 0.155. The smallest absolute Gasteiger partial charge is 0.296 e. The number of hydrogen-bond acceptors (Lipinski definition) is 7. The van der Waals surface area contributed by atoms with Crippen molar-refractivity contribution in [2.24, 2.45) is 10.2 Å². The van der Waals surface area contributed by atoms with Gasteiger partial charge in [-0.3, -0.25) is 9.35 Å². The second kappa shape index (κ2) is 11.0. The fourth-order valence-corrected chi connectivity index (χ4v) is 4.94. The molecule has 0 spiro atoms. The van der Waals surface area contributed by atoms with Crippen molar-refractivity contribution in [1.82, 2.24) is 0 Å². The largest absolute Gasteiger partial charge is 0.505 e. The molecule has 9 nitrogen and oxygen atoms in total. The number of ether oxygens (including phenoxy) is 1. The van der Waals surface area contributed by atoms with Crippen molar-refractivity contribution in [3.63, 3.8) is 0 Å². The Bertz CT molecular complexity index is 1710. The van der Waals surface area contributed by atoms with E-state index in [2.05, 4.69) is 15.5 Å². The van der Waals surface area contributed by atoms with E-state index < -0.39 is 26.7 Å². The summed E-state index contributed by atoms with van der Waals surface area (Å²) in [6, 6.07) is 15.7. The first-order valence-electron chi connectivity index (χ1n) is 11.2. The lowest BCUT2D eigenvalue weighted by Gasteiger charge is -2.12. The van der Waals surface area contributed by atoms with E-state index in [1.165, 1.54) is 12.1 Å². The normalized spacial score (nSPS) is 11.7. The molecule has 0 fully saturated rings. The SMILES string of the molecule is CCOc1cc(NC(=O)c2cc3ccccc3c(N=Nc3cc(C)c(Cl)c(S(=O)(=O)O)c3)c2O)ccc1Cl. The molecular weight excluding hydrogens is 553 g/mol. The van der Waals surface area contributed by atoms with Crippen LogP contribution in [0.25, 0.3) is 10.8 Å². The summed E-state index contributed by atoms with van der Waals surface area (Å²) < 4.78 is 38.4. The maximum atomic E-state index is 13.2. The van der Waals surface area contributed by atoms with Crippen molar-refractivity contribution in [3.05, 3.63) is 81.8 Å². The van der Waals surface area contributed by atoms with E-state index in [9.17, 15) is 22.9 Å². The highest BCUT2D eigenvalue weighted by Crippen LogP contribution is 2.40. The van der Waals surface area contributed by atoms with Crippen molar-refractivity contribution in [2.45, 2.75) is 18.7 Å². The standard InChI is InChI=1S/C26H21Cl2N3O6S/c1-3-37-21-12-16(8-9-20(21)27)29-26(33)19-11-15-6-4-5-7-18(15)24(25(19)32)31-30-17-10-14(2)23(28)22(13-17)38(34,35)36/h4-13,32H,3H2,1-2H3,(H,29,33)(H,34,35,36). The summed E-state index contributed by atoms with van der Waals surface area (Å²) in [5.41, 5.74) is 0.708. The van der Waals surface area contributed by atoms with E-state index in [0.717, 1.165) is 6.07 Å². The predicted molar refractivity (Wildman–Crippen MR) is 146 cm³/mol. The highest BCUT2D eigenvalue weighted by molar-refractivity contribution is 7.86. The first-order valence-corrected chi connectivity index (χ1v) is 13.4. The van der Waals surface area contributed by atoms with Crippen LogP contribution in [0.15, 0.2) is 75.8 Å². The number of carbonyl (C=O) groups excluding carboxylic acids is 1. The second-order valence-corrected chi connectivity index (χ2v) is 10.3. The topological polar surface area (TPSA) is 138 Å². The fraction of sp³-hybridized carbons (Fsp3) is 0.115. The summed E-state index contributed by atoms with van der Waals surface area (Å²) in [5, 5.41) is 23.3. The third-order valence-corrected chi connectivity index (χ3v) is 7.28. The molecule has 0 heterocycles. The molecule has 4 aromatic carbocycles. The van der Waals surface area contributed by atoms with Gasteiger partial charge < -0.3 is 15.2 Å². The van der Waals surface area contributed by atoms with Crippen molar-refractivity contribution >= 4 is 67.1 Å². The van der Waals surface area contributed by atoms with Crippen LogP contribution in [0.5, 0.6) is 11.5 Å². The minimum atomic E-state index is -4.61. The lowest BCUT2D eigenvalue weighted by molar-refractivity contribution is 0.102. The molecule has 0 aliphatic rings. The Balaban J connectivity index is 1.77. The number of anilines is 1. The Morgan fingerprint density at radius 1 is 1.05 bits per heavy atom. The molecule has 196 valence electrons. The number of carbonyl (C=O) groups is 1. The molecule has 0 saturated carbocycles. The third kappa shape index (κ3) is 5.73. The number of benzene rings is 4. The second-order valence-electron chi connectivity index (χ2n) is 8.12. The van der Waals surface area contributed by atoms with E-state index in [0.29, 0.717) is 39.4 Å². The lowest BCUT2D eigenvalue weighted by Crippen LogP contribution is -2.12. The third-order valence-electron chi connectivity index (χ3n) is 5.48. The Morgan fingerprint density at radius 3 is 2.50 bits per heavy atom. The van der Waals surface area contributed by atoms with Gasteiger partial charge in [-0.1, -0.05) is 47.5 Å². The maximum Gasteiger partial charge on any atom is 0.296 e. The Kier molecular flexibility index (Phi) is 7.89. The zero-order valence-corrected chi connectivity index (χ0v) is 22.4. The fourth-order valence-electron chi connectivity index (χ4n) is 3.71. The first kappa shape index (κ1) is 27.3. The summed E-state index contributed by atoms with van der Waals surface area (Å²) in [6.45, 7) is 3.73. The number of halogens is 2. The molecule has 4 rings (SSSR count). The van der Waals surface area contributed by atoms with E-state index in [1.807, 2.05) is 0 Å². The molecule has 0 saturated heterocycles. The number of rotatable bonds is 7. The number of phenols is 1. The molecule has 0 atom stereocenters. The van der Waals surface area contributed by atoms with Crippen LogP contribution in [0.2, 0.25) is 10.0 Å². The average Bonchev–Trinajstić information content (AvgIpc) is 2.86. The average molecular weight is 574 g/mol. The van der Waals surface area contributed by atoms with Gasteiger partial charge in [0.2, 0.25) is 0 Å². The number of nitrogens with zero attached hydrogens (tertiary/aromatic N) is 2. The summed E-state index contributed by atoms with van der Waals surface area (Å²) in [6.07, 6.45) is 0. The van der Waals surface area contributed by atoms with Crippen LogP contribution in [0, 0.1) is 6.92 Å². The van der Waals surface area contributed by atoms with Gasteiger partial charge in [0.05, 0.1) is 27.9 Å². The number of azo groups is 1. The zero-order chi connectivity index (χ0) is 27.6. The number of nitrogens with one attached hydrogen (secondary N) is 1. The molecule has 0 aliphatic carbocycles. The van der Waals surface area contributed by atoms with Gasteiger partial charge in [0.1, 0.15) is 16.3 Å². The molecule has 4 aromatic rings. The summed E-state index contributed by atoms with van der Waals surface area (Å²) in [7, 11) is -4.61. The summed E-state index contributed by atoms with van der Waals surface area (Å²) >= 11 is 12.1. The van der Waals surface area contributed by atoms with E-state index >= 15 is 0 Å². The zero-order valence-electron chi connectivity index (χ0n) is 20.1. The van der Waals surface area contributed by atoms with Gasteiger partial charge in [0.15, 0.2) is 5.75 Å². The first-order chi connectivity index (χ1) is 18.0. The van der Waals surface area contributed by atoms with Crippen molar-refractivity contribution in [3.8, 4) is 11.5 Å². The van der Waals surface area contributed by atoms with Crippen LogP contribution in [-0.2, 0) is 10.1 Å². The van der Waals surface area contributed by atoms with Crippen LogP contribution in [0.3, 0.4) is 0 Å². The monoisotopic (exact) mass is 573 g/mol. The van der Waals surface area contributed by atoms with E-state index in [-0.39, 0.29) is 22.0 Å².